The third-order valence-corrected chi connectivity index (χ3v) is 5.00. The molecule has 0 spiro atoms. The molecule has 1 aliphatic carbocycles. The van der Waals surface area contributed by atoms with Crippen molar-refractivity contribution in [2.75, 3.05) is 6.54 Å². The van der Waals surface area contributed by atoms with Gasteiger partial charge in [0.1, 0.15) is 10.7 Å². The molecule has 0 bridgehead atoms. The summed E-state index contributed by atoms with van der Waals surface area (Å²) in [7, 11) is -3.94. The van der Waals surface area contributed by atoms with E-state index in [1.54, 1.807) is 0 Å². The van der Waals surface area contributed by atoms with Crippen molar-refractivity contribution in [3.63, 3.8) is 0 Å². The summed E-state index contributed by atoms with van der Waals surface area (Å²) in [6.45, 7) is -0.324. The van der Waals surface area contributed by atoms with Crippen molar-refractivity contribution in [1.82, 2.24) is 4.72 Å². The number of aliphatic hydroxyl groups is 1. The first-order chi connectivity index (χ1) is 9.44. The van der Waals surface area contributed by atoms with E-state index in [1.165, 1.54) is 18.9 Å². The first-order valence-electron chi connectivity index (χ1n) is 6.52. The van der Waals surface area contributed by atoms with Crippen LogP contribution in [0, 0.1) is 11.7 Å². The van der Waals surface area contributed by atoms with Gasteiger partial charge in [-0.25, -0.2) is 17.5 Å². The highest BCUT2D eigenvalue weighted by atomic mass is 35.5. The largest absolute Gasteiger partial charge is 0.392 e. The molecule has 1 aromatic carbocycles. The smallest absolute Gasteiger partial charge is 0.243 e. The molecule has 1 fully saturated rings. The zero-order chi connectivity index (χ0) is 14.8. The summed E-state index contributed by atoms with van der Waals surface area (Å²) in [6.07, 6.45) is 4.16. The molecule has 1 aromatic rings. The molecular weight excluding hydrogens is 305 g/mol. The van der Waals surface area contributed by atoms with E-state index in [9.17, 15) is 12.8 Å². The Labute approximate surface area is 123 Å². The second-order valence-electron chi connectivity index (χ2n) is 5.02. The molecule has 7 heteroatoms. The van der Waals surface area contributed by atoms with Gasteiger partial charge in [0.15, 0.2) is 0 Å². The SMILES string of the molecule is O=S(=O)(NCCCC1CC1)c1cc(Cl)cc(CO)c1F. The van der Waals surface area contributed by atoms with Crippen LogP contribution in [0.3, 0.4) is 0 Å². The zero-order valence-corrected chi connectivity index (χ0v) is 12.5. The van der Waals surface area contributed by atoms with Gasteiger partial charge >= 0.3 is 0 Å². The van der Waals surface area contributed by atoms with Crippen molar-refractivity contribution in [2.24, 2.45) is 5.92 Å². The first kappa shape index (κ1) is 15.7. The third-order valence-electron chi connectivity index (χ3n) is 3.32. The quantitative estimate of drug-likeness (QED) is 0.758. The first-order valence-corrected chi connectivity index (χ1v) is 8.38. The van der Waals surface area contributed by atoms with Crippen LogP contribution in [0.4, 0.5) is 4.39 Å². The third kappa shape index (κ3) is 3.91. The Morgan fingerprint density at radius 3 is 2.70 bits per heavy atom. The van der Waals surface area contributed by atoms with Gasteiger partial charge in [-0.3, -0.25) is 0 Å². The van der Waals surface area contributed by atoms with Crippen LogP contribution in [-0.2, 0) is 16.6 Å². The number of hydrogen-bond donors (Lipinski definition) is 2. The normalized spacial score (nSPS) is 15.6. The standard InChI is InChI=1S/C13H17ClFNO3S/c14-11-6-10(8-17)13(15)12(7-11)20(18,19)16-5-1-2-9-3-4-9/h6-7,9,16-17H,1-5,8H2. The summed E-state index contributed by atoms with van der Waals surface area (Å²) in [6, 6.07) is 2.27. The fourth-order valence-corrected chi connectivity index (χ4v) is 3.53. The number of aliphatic hydroxyl groups excluding tert-OH is 1. The van der Waals surface area contributed by atoms with Crippen molar-refractivity contribution in [3.8, 4) is 0 Å². The molecule has 0 unspecified atom stereocenters. The van der Waals surface area contributed by atoms with Crippen LogP contribution in [0.5, 0.6) is 0 Å². The van der Waals surface area contributed by atoms with Crippen LogP contribution in [0.15, 0.2) is 17.0 Å². The molecule has 112 valence electrons. The van der Waals surface area contributed by atoms with Crippen molar-refractivity contribution in [1.29, 1.82) is 0 Å². The molecule has 0 aliphatic heterocycles. The molecule has 0 amide bonds. The minimum atomic E-state index is -3.94. The van der Waals surface area contributed by atoms with Gasteiger partial charge in [-0.05, 0) is 30.9 Å². The minimum absolute atomic E-state index is 0.0776. The maximum Gasteiger partial charge on any atom is 0.243 e. The summed E-state index contributed by atoms with van der Waals surface area (Å²) in [5.41, 5.74) is -0.129. The molecule has 20 heavy (non-hydrogen) atoms. The summed E-state index contributed by atoms with van der Waals surface area (Å²) < 4.78 is 40.4. The average molecular weight is 322 g/mol. The lowest BCUT2D eigenvalue weighted by molar-refractivity contribution is 0.274. The van der Waals surface area contributed by atoms with Crippen LogP contribution in [0.1, 0.15) is 31.2 Å². The maximum absolute atomic E-state index is 14.0. The topological polar surface area (TPSA) is 66.4 Å². The summed E-state index contributed by atoms with van der Waals surface area (Å²) >= 11 is 5.75. The summed E-state index contributed by atoms with van der Waals surface area (Å²) in [4.78, 5) is -0.513. The Bertz CT molecular complexity index is 588. The molecule has 0 aromatic heterocycles. The predicted molar refractivity (Wildman–Crippen MR) is 74.5 cm³/mol. The Balaban J connectivity index is 2.09. The zero-order valence-electron chi connectivity index (χ0n) is 10.9. The van der Waals surface area contributed by atoms with E-state index in [1.807, 2.05) is 0 Å². The molecule has 0 heterocycles. The van der Waals surface area contributed by atoms with Gasteiger partial charge in [0.2, 0.25) is 10.0 Å². The molecule has 1 saturated carbocycles. The van der Waals surface area contributed by atoms with E-state index >= 15 is 0 Å². The Morgan fingerprint density at radius 2 is 2.10 bits per heavy atom. The molecule has 0 radical (unpaired) electrons. The van der Waals surface area contributed by atoms with E-state index in [-0.39, 0.29) is 17.1 Å². The second kappa shape index (κ2) is 6.39. The highest BCUT2D eigenvalue weighted by Crippen LogP contribution is 2.33. The molecule has 2 rings (SSSR count). The Hall–Kier alpha value is -0.690. The van der Waals surface area contributed by atoms with Gasteiger partial charge in [-0.2, -0.15) is 0 Å². The van der Waals surface area contributed by atoms with Crippen molar-refractivity contribution < 1.29 is 17.9 Å². The van der Waals surface area contributed by atoms with Gasteiger partial charge < -0.3 is 5.11 Å². The predicted octanol–water partition coefficient (Wildman–Crippen LogP) is 2.44. The average Bonchev–Trinajstić information content (AvgIpc) is 3.21. The van der Waals surface area contributed by atoms with Gasteiger partial charge in [0.25, 0.3) is 0 Å². The lowest BCUT2D eigenvalue weighted by atomic mass is 10.2. The summed E-state index contributed by atoms with van der Waals surface area (Å²) in [5.74, 6) is -0.227. The molecular formula is C13H17ClFNO3S. The number of hydrogen-bond acceptors (Lipinski definition) is 3. The highest BCUT2D eigenvalue weighted by molar-refractivity contribution is 7.89. The van der Waals surface area contributed by atoms with Crippen LogP contribution < -0.4 is 4.72 Å². The summed E-state index contributed by atoms with van der Waals surface area (Å²) in [5, 5.41) is 9.08. The molecule has 2 N–H and O–H groups in total. The van der Waals surface area contributed by atoms with Gasteiger partial charge in [0.05, 0.1) is 6.61 Å². The van der Waals surface area contributed by atoms with Crippen LogP contribution in [-0.4, -0.2) is 20.1 Å². The molecule has 0 atom stereocenters. The molecule has 1 aliphatic rings. The van der Waals surface area contributed by atoms with Gasteiger partial charge in [-0.15, -0.1) is 0 Å². The Kier molecular flexibility index (Phi) is 5.01. The van der Waals surface area contributed by atoms with Crippen molar-refractivity contribution >= 4 is 21.6 Å². The van der Waals surface area contributed by atoms with E-state index in [4.69, 9.17) is 16.7 Å². The fraction of sp³-hybridized carbons (Fsp3) is 0.538. The number of sulfonamides is 1. The maximum atomic E-state index is 14.0. The van der Waals surface area contributed by atoms with E-state index < -0.39 is 27.3 Å². The number of halogens is 2. The van der Waals surface area contributed by atoms with Crippen molar-refractivity contribution in [2.45, 2.75) is 37.2 Å². The fourth-order valence-electron chi connectivity index (χ4n) is 2.01. The van der Waals surface area contributed by atoms with Crippen LogP contribution >= 0.6 is 11.6 Å². The number of rotatable bonds is 7. The van der Waals surface area contributed by atoms with Gasteiger partial charge in [0, 0.05) is 17.1 Å². The molecule has 4 nitrogen and oxygen atoms in total. The monoisotopic (exact) mass is 321 g/mol. The highest BCUT2D eigenvalue weighted by Gasteiger charge is 2.23. The lowest BCUT2D eigenvalue weighted by Crippen LogP contribution is -2.26. The Morgan fingerprint density at radius 1 is 1.40 bits per heavy atom. The van der Waals surface area contributed by atoms with E-state index in [0.29, 0.717) is 0 Å². The van der Waals surface area contributed by atoms with E-state index in [2.05, 4.69) is 4.72 Å². The van der Waals surface area contributed by atoms with Crippen LogP contribution in [0.2, 0.25) is 5.02 Å². The molecule has 0 saturated heterocycles. The lowest BCUT2D eigenvalue weighted by Gasteiger charge is -2.10. The van der Waals surface area contributed by atoms with Crippen LogP contribution in [0.25, 0.3) is 0 Å². The minimum Gasteiger partial charge on any atom is -0.392 e. The number of nitrogens with one attached hydrogen (secondary N) is 1. The second-order valence-corrected chi connectivity index (χ2v) is 7.19. The van der Waals surface area contributed by atoms with Crippen molar-refractivity contribution in [3.05, 3.63) is 28.5 Å². The van der Waals surface area contributed by atoms with Gasteiger partial charge in [-0.1, -0.05) is 24.4 Å². The number of benzene rings is 1. The van der Waals surface area contributed by atoms with E-state index in [0.717, 1.165) is 24.8 Å².